The Morgan fingerprint density at radius 3 is 2.64 bits per heavy atom. The Balaban J connectivity index is 2.22. The first kappa shape index (κ1) is 18.6. The minimum atomic E-state index is -0.659. The van der Waals surface area contributed by atoms with E-state index in [9.17, 15) is 19.5 Å². The molecule has 0 aromatic heterocycles. The van der Waals surface area contributed by atoms with Crippen molar-refractivity contribution in [3.63, 3.8) is 0 Å². The van der Waals surface area contributed by atoms with E-state index in [0.29, 0.717) is 12.7 Å². The van der Waals surface area contributed by atoms with E-state index >= 15 is 0 Å². The molecule has 124 valence electrons. The minimum absolute atomic E-state index is 0.0961. The number of unbranched alkanes of at least 4 members (excludes halogenated alkanes) is 4. The molecule has 0 saturated heterocycles. The number of hydrogen-bond acceptors (Lipinski definition) is 5. The van der Waals surface area contributed by atoms with Crippen LogP contribution in [0.1, 0.15) is 51.4 Å². The average Bonchev–Trinajstić information content (AvgIpc) is 2.77. The Morgan fingerprint density at radius 1 is 1.27 bits per heavy atom. The Bertz CT molecular complexity index is 402. The minimum Gasteiger partial charge on any atom is -0.469 e. The lowest BCUT2D eigenvalue weighted by molar-refractivity contribution is -0.140. The number of carbonyl (C=O) groups excluding carboxylic acids is 3. The summed E-state index contributed by atoms with van der Waals surface area (Å²) in [4.78, 5) is 33.2. The van der Waals surface area contributed by atoms with Gasteiger partial charge in [-0.05, 0) is 18.9 Å². The Morgan fingerprint density at radius 2 is 1.95 bits per heavy atom. The first-order chi connectivity index (χ1) is 10.6. The molecule has 1 saturated carbocycles. The zero-order valence-corrected chi connectivity index (χ0v) is 13.2. The summed E-state index contributed by atoms with van der Waals surface area (Å²) in [6, 6.07) is 0. The molecule has 0 aliphatic heterocycles. The van der Waals surface area contributed by atoms with Crippen molar-refractivity contribution in [2.24, 2.45) is 11.8 Å². The molecule has 3 unspecified atom stereocenters. The molecular weight excluding hydrogens is 284 g/mol. The number of hydrogen-bond donors (Lipinski definition) is 1. The molecule has 0 amide bonds. The van der Waals surface area contributed by atoms with Crippen molar-refractivity contribution >= 4 is 18.0 Å². The van der Waals surface area contributed by atoms with Crippen LogP contribution < -0.4 is 0 Å². The molecule has 1 rings (SSSR count). The van der Waals surface area contributed by atoms with E-state index < -0.39 is 6.10 Å². The normalized spacial score (nSPS) is 24.8. The fourth-order valence-corrected chi connectivity index (χ4v) is 3.03. The van der Waals surface area contributed by atoms with Crippen molar-refractivity contribution < 1.29 is 24.2 Å². The van der Waals surface area contributed by atoms with Gasteiger partial charge in [0.2, 0.25) is 0 Å². The highest BCUT2D eigenvalue weighted by Crippen LogP contribution is 2.34. The topological polar surface area (TPSA) is 80.7 Å². The highest BCUT2D eigenvalue weighted by atomic mass is 16.5. The standard InChI is InChI=1S/C17H26O5/c1-22-17(21)10-6-4-2-3-5-8-13-14(9-7-11-18)16(20)12-15(13)19/h7,9,11,13-14,16,20H,2-6,8,10,12H2,1H3/b9-7+. The number of esters is 1. The van der Waals surface area contributed by atoms with Gasteiger partial charge < -0.3 is 9.84 Å². The van der Waals surface area contributed by atoms with Crippen molar-refractivity contribution in [3.05, 3.63) is 12.2 Å². The van der Waals surface area contributed by atoms with Crippen molar-refractivity contribution in [3.8, 4) is 0 Å². The number of carbonyl (C=O) groups is 3. The molecule has 1 aliphatic rings. The van der Waals surface area contributed by atoms with Crippen LogP contribution in [0, 0.1) is 11.8 Å². The lowest BCUT2D eigenvalue weighted by Gasteiger charge is -2.16. The second kappa shape index (κ2) is 10.3. The van der Waals surface area contributed by atoms with Crippen molar-refractivity contribution in [2.45, 2.75) is 57.5 Å². The van der Waals surface area contributed by atoms with Crippen LogP contribution in [0.5, 0.6) is 0 Å². The molecule has 5 heteroatoms. The second-order valence-electron chi connectivity index (χ2n) is 5.83. The van der Waals surface area contributed by atoms with E-state index in [2.05, 4.69) is 4.74 Å². The summed E-state index contributed by atoms with van der Waals surface area (Å²) in [7, 11) is 1.39. The maximum Gasteiger partial charge on any atom is 0.305 e. The summed E-state index contributed by atoms with van der Waals surface area (Å²) in [5.41, 5.74) is 0. The molecule has 0 aromatic carbocycles. The predicted molar refractivity (Wildman–Crippen MR) is 82.1 cm³/mol. The number of rotatable bonds is 10. The van der Waals surface area contributed by atoms with Gasteiger partial charge in [0.15, 0.2) is 0 Å². The fourth-order valence-electron chi connectivity index (χ4n) is 3.03. The summed E-state index contributed by atoms with van der Waals surface area (Å²) in [6.45, 7) is 0. The highest BCUT2D eigenvalue weighted by molar-refractivity contribution is 5.84. The molecule has 0 radical (unpaired) electrons. The summed E-state index contributed by atoms with van der Waals surface area (Å²) in [6.07, 6.45) is 9.20. The fraction of sp³-hybridized carbons (Fsp3) is 0.706. The van der Waals surface area contributed by atoms with Crippen molar-refractivity contribution in [2.75, 3.05) is 7.11 Å². The van der Waals surface area contributed by atoms with Crippen LogP contribution in [0.4, 0.5) is 0 Å². The Labute approximate surface area is 131 Å². The van der Waals surface area contributed by atoms with Gasteiger partial charge in [-0.1, -0.05) is 31.8 Å². The molecule has 0 heterocycles. The first-order valence-corrected chi connectivity index (χ1v) is 7.99. The smallest absolute Gasteiger partial charge is 0.305 e. The van der Waals surface area contributed by atoms with Gasteiger partial charge in [0, 0.05) is 24.7 Å². The summed E-state index contributed by atoms with van der Waals surface area (Å²) in [5.74, 6) is -0.465. The van der Waals surface area contributed by atoms with Gasteiger partial charge in [0.05, 0.1) is 13.2 Å². The third kappa shape index (κ3) is 6.10. The number of methoxy groups -OCH3 is 1. The van der Waals surface area contributed by atoms with E-state index in [4.69, 9.17) is 0 Å². The summed E-state index contributed by atoms with van der Waals surface area (Å²) < 4.78 is 4.58. The molecule has 0 bridgehead atoms. The molecule has 1 N–H and O–H groups in total. The third-order valence-corrected chi connectivity index (χ3v) is 4.27. The zero-order valence-electron chi connectivity index (χ0n) is 13.2. The molecular formula is C17H26O5. The molecule has 0 aromatic rings. The van der Waals surface area contributed by atoms with Crippen molar-refractivity contribution in [1.82, 2.24) is 0 Å². The first-order valence-electron chi connectivity index (χ1n) is 7.99. The van der Waals surface area contributed by atoms with Crippen LogP contribution >= 0.6 is 0 Å². The van der Waals surface area contributed by atoms with Crippen LogP contribution in [-0.4, -0.2) is 36.4 Å². The quantitative estimate of drug-likeness (QED) is 0.289. The van der Waals surface area contributed by atoms with Crippen LogP contribution in [0.25, 0.3) is 0 Å². The number of ketones is 1. The number of aldehydes is 1. The van der Waals surface area contributed by atoms with E-state index in [-0.39, 0.29) is 30.0 Å². The van der Waals surface area contributed by atoms with E-state index in [1.807, 2.05) is 0 Å². The van der Waals surface area contributed by atoms with Crippen LogP contribution in [0.2, 0.25) is 0 Å². The predicted octanol–water partition coefficient (Wildman–Crippen LogP) is 2.21. The molecule has 5 nitrogen and oxygen atoms in total. The lowest BCUT2D eigenvalue weighted by atomic mass is 9.89. The lowest BCUT2D eigenvalue weighted by Crippen LogP contribution is -2.18. The van der Waals surface area contributed by atoms with Gasteiger partial charge in [0.1, 0.15) is 12.1 Å². The van der Waals surface area contributed by atoms with Gasteiger partial charge in [-0.25, -0.2) is 0 Å². The number of ether oxygens (including phenoxy) is 1. The largest absolute Gasteiger partial charge is 0.469 e. The average molecular weight is 310 g/mol. The molecule has 22 heavy (non-hydrogen) atoms. The van der Waals surface area contributed by atoms with Gasteiger partial charge in [-0.2, -0.15) is 0 Å². The summed E-state index contributed by atoms with van der Waals surface area (Å²) >= 11 is 0. The van der Waals surface area contributed by atoms with Gasteiger partial charge in [0.25, 0.3) is 0 Å². The molecule has 1 aliphatic carbocycles. The molecule has 1 fully saturated rings. The Kier molecular flexibility index (Phi) is 8.67. The van der Waals surface area contributed by atoms with Gasteiger partial charge in [-0.3, -0.25) is 14.4 Å². The highest BCUT2D eigenvalue weighted by Gasteiger charge is 2.39. The monoisotopic (exact) mass is 310 g/mol. The molecule has 0 spiro atoms. The molecule has 3 atom stereocenters. The van der Waals surface area contributed by atoms with Crippen molar-refractivity contribution in [1.29, 1.82) is 0 Å². The Hall–Kier alpha value is -1.49. The number of aliphatic hydroxyl groups is 1. The second-order valence-corrected chi connectivity index (χ2v) is 5.83. The number of allylic oxidation sites excluding steroid dienone is 1. The van der Waals surface area contributed by atoms with E-state index in [1.165, 1.54) is 13.2 Å². The summed E-state index contributed by atoms with van der Waals surface area (Å²) in [5, 5.41) is 9.87. The van der Waals surface area contributed by atoms with Crippen LogP contribution in [0.3, 0.4) is 0 Å². The maximum atomic E-state index is 11.9. The SMILES string of the molecule is COC(=O)CCCCCCCC1C(=O)CC(O)C1/C=C/C=O. The van der Waals surface area contributed by atoms with E-state index in [1.54, 1.807) is 6.08 Å². The van der Waals surface area contributed by atoms with Crippen LogP contribution in [-0.2, 0) is 19.1 Å². The van der Waals surface area contributed by atoms with Crippen LogP contribution in [0.15, 0.2) is 12.2 Å². The number of Topliss-reactive ketones (excluding diaryl/α,β-unsaturated/α-hetero) is 1. The van der Waals surface area contributed by atoms with Gasteiger partial charge in [-0.15, -0.1) is 0 Å². The zero-order chi connectivity index (χ0) is 16.4. The number of aliphatic hydroxyl groups excluding tert-OH is 1. The van der Waals surface area contributed by atoms with E-state index in [0.717, 1.165) is 38.5 Å². The van der Waals surface area contributed by atoms with Gasteiger partial charge >= 0.3 is 5.97 Å². The maximum absolute atomic E-state index is 11.9. The third-order valence-electron chi connectivity index (χ3n) is 4.27.